The lowest BCUT2D eigenvalue weighted by molar-refractivity contribution is 0.626. The molecule has 0 bridgehead atoms. The lowest BCUT2D eigenvalue weighted by atomic mass is 10.1. The predicted octanol–water partition coefficient (Wildman–Crippen LogP) is 4.95. The number of hydrogen-bond acceptors (Lipinski definition) is 3. The summed E-state index contributed by atoms with van der Waals surface area (Å²) in [5.74, 6) is 0.414. The lowest BCUT2D eigenvalue weighted by Gasteiger charge is -2.08. The summed E-state index contributed by atoms with van der Waals surface area (Å²) in [7, 11) is 0. The summed E-state index contributed by atoms with van der Waals surface area (Å²) in [5.41, 5.74) is 3.87. The summed E-state index contributed by atoms with van der Waals surface area (Å²) in [6.45, 7) is 0.414. The summed E-state index contributed by atoms with van der Waals surface area (Å²) in [5, 5.41) is 4.82. The fourth-order valence-corrected chi connectivity index (χ4v) is 3.06. The van der Waals surface area contributed by atoms with Crippen LogP contribution in [-0.4, -0.2) is 15.0 Å². The van der Waals surface area contributed by atoms with Crippen LogP contribution in [0.3, 0.4) is 0 Å². The third-order valence-corrected chi connectivity index (χ3v) is 4.59. The van der Waals surface area contributed by atoms with E-state index < -0.39 is 0 Å². The van der Waals surface area contributed by atoms with E-state index in [1.165, 1.54) is 17.7 Å². The molecule has 2 N–H and O–H groups in total. The minimum absolute atomic E-state index is 0.303. The molecule has 130 valence electrons. The maximum absolute atomic E-state index is 13.3. The minimum atomic E-state index is -0.303. The number of fused-ring (bicyclic) bond motifs is 1. The number of aromatic nitrogens is 3. The number of anilines is 1. The molecule has 0 fully saturated rings. The van der Waals surface area contributed by atoms with Crippen molar-refractivity contribution in [3.8, 4) is 0 Å². The number of aromatic amines is 1. The Kier molecular flexibility index (Phi) is 4.54. The van der Waals surface area contributed by atoms with E-state index in [2.05, 4.69) is 26.3 Å². The molecule has 4 aromatic rings. The van der Waals surface area contributed by atoms with Gasteiger partial charge in [-0.2, -0.15) is 0 Å². The average Bonchev–Trinajstić information content (AvgIpc) is 3.07. The van der Waals surface area contributed by atoms with E-state index in [0.29, 0.717) is 17.1 Å². The second-order valence-corrected chi connectivity index (χ2v) is 6.44. The van der Waals surface area contributed by atoms with Crippen molar-refractivity contribution >= 4 is 28.5 Å². The van der Waals surface area contributed by atoms with Crippen LogP contribution in [0, 0.1) is 5.82 Å². The molecule has 0 aliphatic rings. The van der Waals surface area contributed by atoms with E-state index in [9.17, 15) is 4.39 Å². The molecule has 0 aliphatic carbocycles. The fraction of sp³-hybridized carbons (Fsp3) is 0.100. The van der Waals surface area contributed by atoms with E-state index in [0.717, 1.165) is 28.8 Å². The standard InChI is InChI=1S/C20H16ClFN4/c21-18-5-4-16(22)9-15(18)12-25-19-6-3-13(10-24-19)8-14-11-26-20-17(14)2-1-7-23-20/h1-7,9-11H,8,12H2,(H,23,26)(H,24,25). The highest BCUT2D eigenvalue weighted by Crippen LogP contribution is 2.21. The molecule has 0 atom stereocenters. The first-order valence-corrected chi connectivity index (χ1v) is 8.60. The topological polar surface area (TPSA) is 53.6 Å². The second-order valence-electron chi connectivity index (χ2n) is 6.03. The minimum Gasteiger partial charge on any atom is -0.366 e. The summed E-state index contributed by atoms with van der Waals surface area (Å²) in [4.78, 5) is 11.9. The maximum Gasteiger partial charge on any atom is 0.137 e. The molecule has 3 aromatic heterocycles. The van der Waals surface area contributed by atoms with Crippen LogP contribution in [0.1, 0.15) is 16.7 Å². The smallest absolute Gasteiger partial charge is 0.137 e. The van der Waals surface area contributed by atoms with E-state index in [-0.39, 0.29) is 5.82 Å². The molecule has 4 rings (SSSR count). The lowest BCUT2D eigenvalue weighted by Crippen LogP contribution is -2.02. The Labute approximate surface area is 155 Å². The molecule has 0 aliphatic heterocycles. The summed E-state index contributed by atoms with van der Waals surface area (Å²) < 4.78 is 13.3. The molecule has 0 spiro atoms. The molecule has 26 heavy (non-hydrogen) atoms. The second kappa shape index (κ2) is 7.14. The first kappa shape index (κ1) is 16.5. The van der Waals surface area contributed by atoms with Gasteiger partial charge in [-0.15, -0.1) is 0 Å². The molecule has 3 heterocycles. The number of H-pyrrole nitrogens is 1. The predicted molar refractivity (Wildman–Crippen MR) is 102 cm³/mol. The summed E-state index contributed by atoms with van der Waals surface area (Å²) in [6, 6.07) is 12.3. The Morgan fingerprint density at radius 1 is 1.08 bits per heavy atom. The molecule has 6 heteroatoms. The van der Waals surface area contributed by atoms with Gasteiger partial charge in [-0.05, 0) is 53.1 Å². The van der Waals surface area contributed by atoms with Crippen molar-refractivity contribution < 1.29 is 4.39 Å². The number of pyridine rings is 2. The van der Waals surface area contributed by atoms with Gasteiger partial charge in [-0.1, -0.05) is 17.7 Å². The maximum atomic E-state index is 13.3. The van der Waals surface area contributed by atoms with E-state index in [4.69, 9.17) is 11.6 Å². The SMILES string of the molecule is Fc1ccc(Cl)c(CNc2ccc(Cc3c[nH]c4ncccc34)cn2)c1. The van der Waals surface area contributed by atoms with Gasteiger partial charge < -0.3 is 10.3 Å². The van der Waals surface area contributed by atoms with Crippen LogP contribution in [0.15, 0.2) is 61.1 Å². The first-order chi connectivity index (χ1) is 12.7. The van der Waals surface area contributed by atoms with Gasteiger partial charge >= 0.3 is 0 Å². The van der Waals surface area contributed by atoms with Gasteiger partial charge in [-0.3, -0.25) is 0 Å². The molecule has 0 radical (unpaired) electrons. The van der Waals surface area contributed by atoms with E-state index in [1.54, 1.807) is 12.3 Å². The van der Waals surface area contributed by atoms with Crippen molar-refractivity contribution in [1.82, 2.24) is 15.0 Å². The van der Waals surface area contributed by atoms with Gasteiger partial charge in [0, 0.05) is 42.0 Å². The van der Waals surface area contributed by atoms with Crippen molar-refractivity contribution in [2.75, 3.05) is 5.32 Å². The first-order valence-electron chi connectivity index (χ1n) is 8.23. The van der Waals surface area contributed by atoms with Crippen LogP contribution >= 0.6 is 11.6 Å². The van der Waals surface area contributed by atoms with Gasteiger partial charge in [0.1, 0.15) is 17.3 Å². The highest BCUT2D eigenvalue weighted by atomic mass is 35.5. The number of nitrogens with one attached hydrogen (secondary N) is 2. The molecule has 1 aromatic carbocycles. The van der Waals surface area contributed by atoms with Gasteiger partial charge in [0.2, 0.25) is 0 Å². The molecule has 0 unspecified atom stereocenters. The molecular weight excluding hydrogens is 351 g/mol. The largest absolute Gasteiger partial charge is 0.366 e. The number of halogens is 2. The van der Waals surface area contributed by atoms with Crippen molar-refractivity contribution in [2.24, 2.45) is 0 Å². The summed E-state index contributed by atoms with van der Waals surface area (Å²) >= 11 is 6.08. The zero-order valence-electron chi connectivity index (χ0n) is 13.8. The third-order valence-electron chi connectivity index (χ3n) is 4.22. The van der Waals surface area contributed by atoms with E-state index >= 15 is 0 Å². The molecular formula is C20H16ClFN4. The van der Waals surface area contributed by atoms with Crippen LogP contribution in [-0.2, 0) is 13.0 Å². The normalized spacial score (nSPS) is 11.0. The number of rotatable bonds is 5. The van der Waals surface area contributed by atoms with Crippen molar-refractivity contribution in [3.05, 3.63) is 88.6 Å². The Hall–Kier alpha value is -2.92. The van der Waals surface area contributed by atoms with Gasteiger partial charge in [0.05, 0.1) is 0 Å². The van der Waals surface area contributed by atoms with Crippen molar-refractivity contribution in [2.45, 2.75) is 13.0 Å². The van der Waals surface area contributed by atoms with Crippen molar-refractivity contribution in [1.29, 1.82) is 0 Å². The Balaban J connectivity index is 1.44. The highest BCUT2D eigenvalue weighted by Gasteiger charge is 2.06. The van der Waals surface area contributed by atoms with Gasteiger partial charge in [0.15, 0.2) is 0 Å². The van der Waals surface area contributed by atoms with Crippen LogP contribution in [0.5, 0.6) is 0 Å². The molecule has 0 saturated carbocycles. The third kappa shape index (κ3) is 3.53. The monoisotopic (exact) mass is 366 g/mol. The van der Waals surface area contributed by atoms with Crippen LogP contribution in [0.2, 0.25) is 5.02 Å². The Morgan fingerprint density at radius 3 is 2.85 bits per heavy atom. The van der Waals surface area contributed by atoms with E-state index in [1.807, 2.05) is 30.6 Å². The highest BCUT2D eigenvalue weighted by molar-refractivity contribution is 6.31. The molecule has 4 nitrogen and oxygen atoms in total. The van der Waals surface area contributed by atoms with Crippen molar-refractivity contribution in [3.63, 3.8) is 0 Å². The van der Waals surface area contributed by atoms with Crippen LogP contribution in [0.25, 0.3) is 11.0 Å². The zero-order chi connectivity index (χ0) is 17.9. The quantitative estimate of drug-likeness (QED) is 0.525. The summed E-state index contributed by atoms with van der Waals surface area (Å²) in [6.07, 6.45) is 6.37. The number of nitrogens with zero attached hydrogens (tertiary/aromatic N) is 2. The Bertz CT molecular complexity index is 1040. The molecule has 0 saturated heterocycles. The fourth-order valence-electron chi connectivity index (χ4n) is 2.88. The molecule has 0 amide bonds. The van der Waals surface area contributed by atoms with Gasteiger partial charge in [-0.25, -0.2) is 14.4 Å². The van der Waals surface area contributed by atoms with Crippen LogP contribution in [0.4, 0.5) is 10.2 Å². The zero-order valence-corrected chi connectivity index (χ0v) is 14.6. The Morgan fingerprint density at radius 2 is 2.00 bits per heavy atom. The van der Waals surface area contributed by atoms with Gasteiger partial charge in [0.25, 0.3) is 0 Å². The number of benzene rings is 1. The van der Waals surface area contributed by atoms with Crippen LogP contribution < -0.4 is 5.32 Å². The average molecular weight is 367 g/mol. The number of hydrogen-bond donors (Lipinski definition) is 2.